The third kappa shape index (κ3) is 2.15. The molecule has 0 saturated heterocycles. The fraction of sp³-hybridized carbons (Fsp3) is 0. The number of anilines is 2. The summed E-state index contributed by atoms with van der Waals surface area (Å²) >= 11 is 1.45. The lowest BCUT2D eigenvalue weighted by Gasteiger charge is -2.19. The molecule has 0 fully saturated rings. The quantitative estimate of drug-likeness (QED) is 0.379. The van der Waals surface area contributed by atoms with Crippen molar-refractivity contribution in [2.45, 2.75) is 0 Å². The highest BCUT2D eigenvalue weighted by molar-refractivity contribution is 7.13. The monoisotopic (exact) mass is 378 g/mol. The molecule has 1 aliphatic rings. The molecule has 28 heavy (non-hydrogen) atoms. The van der Waals surface area contributed by atoms with Crippen molar-refractivity contribution in [1.29, 1.82) is 0 Å². The Morgan fingerprint density at radius 1 is 0.786 bits per heavy atom. The minimum Gasteiger partial charge on any atom is -0.355 e. The van der Waals surface area contributed by atoms with Gasteiger partial charge in [0, 0.05) is 22.2 Å². The summed E-state index contributed by atoms with van der Waals surface area (Å²) < 4.78 is 5.69. The average Bonchev–Trinajstić information content (AvgIpc) is 3.17. The molecule has 4 aromatic carbocycles. The second-order valence-corrected chi connectivity index (χ2v) is 7.76. The van der Waals surface area contributed by atoms with Crippen molar-refractivity contribution in [3.63, 3.8) is 0 Å². The van der Waals surface area contributed by atoms with Crippen LogP contribution >= 0.6 is 11.5 Å². The SMILES string of the molecule is O=C1c2ccccc2-c2nsc3ccc(Nc4ccc5ccccc5c4)c1c23. The third-order valence-electron chi connectivity index (χ3n) is 5.32. The zero-order valence-corrected chi connectivity index (χ0v) is 15.6. The van der Waals surface area contributed by atoms with E-state index in [9.17, 15) is 4.79 Å². The summed E-state index contributed by atoms with van der Waals surface area (Å²) in [5.41, 5.74) is 5.05. The zero-order valence-electron chi connectivity index (χ0n) is 14.8. The van der Waals surface area contributed by atoms with E-state index >= 15 is 0 Å². The molecule has 0 bridgehead atoms. The van der Waals surface area contributed by atoms with Crippen LogP contribution in [0.4, 0.5) is 11.4 Å². The second kappa shape index (κ2) is 5.75. The lowest BCUT2D eigenvalue weighted by molar-refractivity contribution is 0.104. The number of ketones is 1. The molecule has 4 heteroatoms. The zero-order chi connectivity index (χ0) is 18.7. The Hall–Kier alpha value is -3.50. The van der Waals surface area contributed by atoms with Crippen LogP contribution in [0.1, 0.15) is 15.9 Å². The van der Waals surface area contributed by atoms with Gasteiger partial charge in [-0.05, 0) is 46.6 Å². The minimum atomic E-state index is 0.0530. The van der Waals surface area contributed by atoms with Crippen LogP contribution in [0.15, 0.2) is 78.9 Å². The van der Waals surface area contributed by atoms with Crippen LogP contribution in [0.5, 0.6) is 0 Å². The van der Waals surface area contributed by atoms with Crippen molar-refractivity contribution in [2.24, 2.45) is 0 Å². The fourth-order valence-electron chi connectivity index (χ4n) is 4.00. The first-order chi connectivity index (χ1) is 13.8. The van der Waals surface area contributed by atoms with Gasteiger partial charge in [-0.15, -0.1) is 0 Å². The number of hydrogen-bond acceptors (Lipinski definition) is 4. The minimum absolute atomic E-state index is 0.0530. The molecule has 5 aromatic rings. The van der Waals surface area contributed by atoms with Crippen LogP contribution in [0.3, 0.4) is 0 Å². The first kappa shape index (κ1) is 15.5. The summed E-state index contributed by atoms with van der Waals surface area (Å²) in [7, 11) is 0. The van der Waals surface area contributed by atoms with Gasteiger partial charge in [-0.3, -0.25) is 4.79 Å². The summed E-state index contributed by atoms with van der Waals surface area (Å²) in [6.07, 6.45) is 0. The molecule has 1 heterocycles. The standard InChI is InChI=1S/C24H14N2OS/c27-24-18-8-4-3-7-17(18)23-22-20(28-26-23)12-11-19(21(22)24)25-16-10-9-14-5-1-2-6-15(14)13-16/h1-13,25H. The van der Waals surface area contributed by atoms with E-state index in [4.69, 9.17) is 0 Å². The highest BCUT2D eigenvalue weighted by Gasteiger charge is 2.29. The van der Waals surface area contributed by atoms with E-state index in [0.717, 1.165) is 43.7 Å². The molecule has 132 valence electrons. The van der Waals surface area contributed by atoms with Gasteiger partial charge in [-0.25, -0.2) is 0 Å². The fourth-order valence-corrected chi connectivity index (χ4v) is 4.80. The predicted molar refractivity (Wildman–Crippen MR) is 116 cm³/mol. The van der Waals surface area contributed by atoms with Crippen LogP contribution < -0.4 is 5.32 Å². The Bertz CT molecular complexity index is 1420. The molecule has 3 nitrogen and oxygen atoms in total. The van der Waals surface area contributed by atoms with Crippen molar-refractivity contribution in [1.82, 2.24) is 4.37 Å². The molecule has 0 spiro atoms. The van der Waals surface area contributed by atoms with Crippen molar-refractivity contribution in [2.75, 3.05) is 5.32 Å². The molecule has 0 saturated carbocycles. The van der Waals surface area contributed by atoms with E-state index in [1.54, 1.807) is 0 Å². The van der Waals surface area contributed by atoms with E-state index in [-0.39, 0.29) is 5.78 Å². The molecule has 0 atom stereocenters. The number of hydrogen-bond donors (Lipinski definition) is 1. The van der Waals surface area contributed by atoms with E-state index in [0.29, 0.717) is 5.56 Å². The van der Waals surface area contributed by atoms with Crippen LogP contribution in [0, 0.1) is 0 Å². The molecule has 6 rings (SSSR count). The Morgan fingerprint density at radius 2 is 1.57 bits per heavy atom. The molecular formula is C24H14N2OS. The van der Waals surface area contributed by atoms with Crippen LogP contribution in [0.25, 0.3) is 32.1 Å². The lowest BCUT2D eigenvalue weighted by Crippen LogP contribution is -2.11. The summed E-state index contributed by atoms with van der Waals surface area (Å²) in [5.74, 6) is 0.0530. The maximum Gasteiger partial charge on any atom is 0.196 e. The number of fused-ring (bicyclic) bond motifs is 3. The van der Waals surface area contributed by atoms with Gasteiger partial charge >= 0.3 is 0 Å². The van der Waals surface area contributed by atoms with Gasteiger partial charge < -0.3 is 5.32 Å². The summed E-state index contributed by atoms with van der Waals surface area (Å²) in [6.45, 7) is 0. The van der Waals surface area contributed by atoms with Crippen LogP contribution in [-0.2, 0) is 0 Å². The number of carbonyl (C=O) groups is 1. The highest BCUT2D eigenvalue weighted by Crippen LogP contribution is 2.43. The third-order valence-corrected chi connectivity index (χ3v) is 6.13. The normalized spacial score (nSPS) is 12.4. The molecule has 0 amide bonds. The first-order valence-electron chi connectivity index (χ1n) is 9.12. The van der Waals surface area contributed by atoms with E-state index < -0.39 is 0 Å². The van der Waals surface area contributed by atoms with E-state index in [1.807, 2.05) is 54.6 Å². The first-order valence-corrected chi connectivity index (χ1v) is 9.89. The number of carbonyl (C=O) groups excluding carboxylic acids is 1. The van der Waals surface area contributed by atoms with Gasteiger partial charge in [-0.2, -0.15) is 4.37 Å². The summed E-state index contributed by atoms with van der Waals surface area (Å²) in [4.78, 5) is 13.4. The second-order valence-electron chi connectivity index (χ2n) is 6.95. The van der Waals surface area contributed by atoms with Crippen molar-refractivity contribution < 1.29 is 4.79 Å². The molecule has 0 unspecified atom stereocenters. The van der Waals surface area contributed by atoms with E-state index in [2.05, 4.69) is 34.0 Å². The molecular weight excluding hydrogens is 364 g/mol. The number of benzene rings is 4. The van der Waals surface area contributed by atoms with Gasteiger partial charge in [0.05, 0.1) is 21.6 Å². The van der Waals surface area contributed by atoms with Gasteiger partial charge in [-0.1, -0.05) is 54.6 Å². The summed E-state index contributed by atoms with van der Waals surface area (Å²) in [5, 5.41) is 6.79. The number of rotatable bonds is 2. The molecule has 1 aliphatic carbocycles. The van der Waals surface area contributed by atoms with E-state index in [1.165, 1.54) is 16.9 Å². The van der Waals surface area contributed by atoms with Gasteiger partial charge in [0.1, 0.15) is 0 Å². The Balaban J connectivity index is 1.55. The Labute approximate surface area is 165 Å². The number of nitrogens with one attached hydrogen (secondary N) is 1. The van der Waals surface area contributed by atoms with Crippen LogP contribution in [-0.4, -0.2) is 10.2 Å². The largest absolute Gasteiger partial charge is 0.355 e. The number of aromatic nitrogens is 1. The van der Waals surface area contributed by atoms with Gasteiger partial charge in [0.15, 0.2) is 5.78 Å². The highest BCUT2D eigenvalue weighted by atomic mass is 32.1. The Morgan fingerprint density at radius 3 is 2.46 bits per heavy atom. The van der Waals surface area contributed by atoms with Gasteiger partial charge in [0.25, 0.3) is 0 Å². The van der Waals surface area contributed by atoms with Crippen LogP contribution in [0.2, 0.25) is 0 Å². The molecule has 0 aliphatic heterocycles. The topological polar surface area (TPSA) is 42.0 Å². The van der Waals surface area contributed by atoms with Crippen molar-refractivity contribution in [3.8, 4) is 11.3 Å². The molecule has 1 aromatic heterocycles. The predicted octanol–water partition coefficient (Wildman–Crippen LogP) is 6.40. The smallest absolute Gasteiger partial charge is 0.196 e. The maximum absolute atomic E-state index is 13.4. The average molecular weight is 378 g/mol. The Kier molecular flexibility index (Phi) is 3.19. The van der Waals surface area contributed by atoms with Crippen molar-refractivity contribution >= 4 is 49.5 Å². The summed E-state index contributed by atoms with van der Waals surface area (Å²) in [6, 6.07) is 26.3. The maximum atomic E-state index is 13.4. The number of nitrogens with zero attached hydrogens (tertiary/aromatic N) is 1. The molecule has 0 radical (unpaired) electrons. The van der Waals surface area contributed by atoms with Gasteiger partial charge in [0.2, 0.25) is 0 Å². The van der Waals surface area contributed by atoms with Crippen molar-refractivity contribution in [3.05, 3.63) is 90.0 Å². The lowest BCUT2D eigenvalue weighted by atomic mass is 9.86. The molecule has 1 N–H and O–H groups in total.